The fraction of sp³-hybridized carbons (Fsp3) is 0.625. The maximum Gasteiger partial charge on any atom is 0.308 e. The van der Waals surface area contributed by atoms with E-state index >= 15 is 0 Å². The van der Waals surface area contributed by atoms with Gasteiger partial charge in [-0.15, -0.1) is 0 Å². The van der Waals surface area contributed by atoms with Crippen LogP contribution >= 0.6 is 0 Å². The van der Waals surface area contributed by atoms with Crippen LogP contribution in [-0.2, 0) is 25.5 Å². The smallest absolute Gasteiger partial charge is 0.308 e. The molecule has 168 valence electrons. The summed E-state index contributed by atoms with van der Waals surface area (Å²) in [6.07, 6.45) is 7.21. The third-order valence-electron chi connectivity index (χ3n) is 7.17. The minimum Gasteiger partial charge on any atom is -0.456 e. The summed E-state index contributed by atoms with van der Waals surface area (Å²) in [5.74, 6) is 0.915. The molecule has 7 heteroatoms. The lowest BCUT2D eigenvalue weighted by Gasteiger charge is -2.55. The Morgan fingerprint density at radius 1 is 0.968 bits per heavy atom. The molecule has 0 unspecified atom stereocenters. The second-order valence-corrected chi connectivity index (χ2v) is 9.56. The summed E-state index contributed by atoms with van der Waals surface area (Å²) >= 11 is 0. The molecule has 4 aliphatic rings. The van der Waals surface area contributed by atoms with E-state index in [0.29, 0.717) is 29.7 Å². The first-order valence-corrected chi connectivity index (χ1v) is 11.4. The SMILES string of the molecule is O=C(COC(=O)CCNC(=O)C12CC3CC(CC(C3)C1)C2)NCCc1ccccc1F. The van der Waals surface area contributed by atoms with Crippen LogP contribution in [0.4, 0.5) is 4.39 Å². The molecule has 0 saturated heterocycles. The molecule has 4 saturated carbocycles. The van der Waals surface area contributed by atoms with Crippen molar-refractivity contribution in [2.75, 3.05) is 19.7 Å². The van der Waals surface area contributed by atoms with Gasteiger partial charge in [0.05, 0.1) is 6.42 Å². The summed E-state index contributed by atoms with van der Waals surface area (Å²) in [5, 5.41) is 5.55. The quantitative estimate of drug-likeness (QED) is 0.590. The highest BCUT2D eigenvalue weighted by Crippen LogP contribution is 2.60. The van der Waals surface area contributed by atoms with E-state index in [1.807, 2.05) is 0 Å². The number of hydrogen-bond donors (Lipinski definition) is 2. The minimum atomic E-state index is -0.518. The third kappa shape index (κ3) is 5.25. The average molecular weight is 431 g/mol. The van der Waals surface area contributed by atoms with Crippen LogP contribution in [-0.4, -0.2) is 37.5 Å². The molecule has 1 aromatic carbocycles. The first-order chi connectivity index (χ1) is 14.9. The summed E-state index contributed by atoms with van der Waals surface area (Å²) in [7, 11) is 0. The van der Waals surface area contributed by atoms with Crippen LogP contribution in [0.25, 0.3) is 0 Å². The van der Waals surface area contributed by atoms with Crippen LogP contribution in [0.15, 0.2) is 24.3 Å². The predicted octanol–water partition coefficient (Wildman–Crippen LogP) is 2.75. The number of ether oxygens (including phenoxy) is 1. The standard InChI is InChI=1S/C24H31FN2O4/c25-20-4-2-1-3-19(20)5-7-26-21(28)15-31-22(29)6-8-27-23(30)24-12-16-9-17(13-24)11-18(10-16)14-24/h1-4,16-18H,5-15H2,(H,26,28)(H,27,30). The Bertz CT molecular complexity index is 805. The second-order valence-electron chi connectivity index (χ2n) is 9.56. The molecule has 4 aliphatic carbocycles. The summed E-state index contributed by atoms with van der Waals surface area (Å²) in [5.41, 5.74) is 0.297. The lowest BCUT2D eigenvalue weighted by molar-refractivity contribution is -0.149. The fourth-order valence-corrected chi connectivity index (χ4v) is 6.16. The van der Waals surface area contributed by atoms with Crippen LogP contribution in [0.1, 0.15) is 50.5 Å². The van der Waals surface area contributed by atoms with Crippen LogP contribution in [0.2, 0.25) is 0 Å². The fourth-order valence-electron chi connectivity index (χ4n) is 6.16. The van der Waals surface area contributed by atoms with E-state index in [1.165, 1.54) is 25.3 Å². The molecule has 0 heterocycles. The van der Waals surface area contributed by atoms with E-state index in [4.69, 9.17) is 4.74 Å². The maximum atomic E-state index is 13.5. The van der Waals surface area contributed by atoms with Crippen molar-refractivity contribution in [3.05, 3.63) is 35.6 Å². The normalized spacial score (nSPS) is 28.2. The summed E-state index contributed by atoms with van der Waals surface area (Å²) in [6.45, 7) is 0.117. The molecular formula is C24H31FN2O4. The Kier molecular flexibility index (Phi) is 6.58. The van der Waals surface area contributed by atoms with Crippen molar-refractivity contribution in [1.82, 2.24) is 10.6 Å². The van der Waals surface area contributed by atoms with Crippen molar-refractivity contribution in [1.29, 1.82) is 0 Å². The number of carbonyl (C=O) groups is 3. The van der Waals surface area contributed by atoms with Gasteiger partial charge < -0.3 is 15.4 Å². The van der Waals surface area contributed by atoms with Gasteiger partial charge in [0.1, 0.15) is 5.82 Å². The zero-order valence-electron chi connectivity index (χ0n) is 17.8. The zero-order chi connectivity index (χ0) is 21.8. The summed E-state index contributed by atoms with van der Waals surface area (Å²) < 4.78 is 18.5. The molecule has 0 spiro atoms. The summed E-state index contributed by atoms with van der Waals surface area (Å²) in [4.78, 5) is 36.6. The molecule has 4 bridgehead atoms. The van der Waals surface area contributed by atoms with Crippen molar-refractivity contribution in [2.24, 2.45) is 23.2 Å². The van der Waals surface area contributed by atoms with Crippen LogP contribution in [0, 0.1) is 29.0 Å². The van der Waals surface area contributed by atoms with Gasteiger partial charge in [0.25, 0.3) is 5.91 Å². The number of esters is 1. The topological polar surface area (TPSA) is 84.5 Å². The monoisotopic (exact) mass is 430 g/mol. The van der Waals surface area contributed by atoms with Crippen LogP contribution in [0.5, 0.6) is 0 Å². The van der Waals surface area contributed by atoms with Crippen LogP contribution in [0.3, 0.4) is 0 Å². The van der Waals surface area contributed by atoms with Gasteiger partial charge in [-0.05, 0) is 74.3 Å². The Morgan fingerprint density at radius 3 is 2.26 bits per heavy atom. The Morgan fingerprint density at radius 2 is 1.61 bits per heavy atom. The van der Waals surface area contributed by atoms with Crippen molar-refractivity contribution in [2.45, 2.75) is 51.4 Å². The first kappa shape index (κ1) is 21.8. The molecule has 2 N–H and O–H groups in total. The van der Waals surface area contributed by atoms with Crippen molar-refractivity contribution >= 4 is 17.8 Å². The van der Waals surface area contributed by atoms with Crippen molar-refractivity contribution in [3.8, 4) is 0 Å². The lowest BCUT2D eigenvalue weighted by Crippen LogP contribution is -2.53. The third-order valence-corrected chi connectivity index (χ3v) is 7.17. The van der Waals surface area contributed by atoms with Gasteiger partial charge in [0.15, 0.2) is 6.61 Å². The number of hydrogen-bond acceptors (Lipinski definition) is 4. The number of amides is 2. The molecule has 5 rings (SSSR count). The van der Waals surface area contributed by atoms with Crippen molar-refractivity contribution < 1.29 is 23.5 Å². The van der Waals surface area contributed by atoms with Gasteiger partial charge in [0.2, 0.25) is 5.91 Å². The average Bonchev–Trinajstić information content (AvgIpc) is 2.72. The molecule has 1 aromatic rings. The molecule has 4 fully saturated rings. The Hall–Kier alpha value is -2.44. The van der Waals surface area contributed by atoms with E-state index in [-0.39, 0.29) is 43.3 Å². The highest BCUT2D eigenvalue weighted by atomic mass is 19.1. The first-order valence-electron chi connectivity index (χ1n) is 11.4. The molecule has 31 heavy (non-hydrogen) atoms. The lowest BCUT2D eigenvalue weighted by atomic mass is 9.49. The summed E-state index contributed by atoms with van der Waals surface area (Å²) in [6, 6.07) is 6.40. The van der Waals surface area contributed by atoms with E-state index < -0.39 is 11.9 Å². The Balaban J connectivity index is 1.11. The number of rotatable bonds is 9. The largest absolute Gasteiger partial charge is 0.456 e. The van der Waals surface area contributed by atoms with Crippen molar-refractivity contribution in [3.63, 3.8) is 0 Å². The minimum absolute atomic E-state index is 0.0423. The predicted molar refractivity (Wildman–Crippen MR) is 112 cm³/mol. The molecule has 2 amide bonds. The highest BCUT2D eigenvalue weighted by Gasteiger charge is 2.54. The van der Waals surface area contributed by atoms with E-state index in [0.717, 1.165) is 19.3 Å². The van der Waals surface area contributed by atoms with E-state index in [2.05, 4.69) is 10.6 Å². The van der Waals surface area contributed by atoms with Gasteiger partial charge in [-0.3, -0.25) is 14.4 Å². The number of benzene rings is 1. The van der Waals surface area contributed by atoms with Crippen LogP contribution < -0.4 is 10.6 Å². The molecule has 6 nitrogen and oxygen atoms in total. The van der Waals surface area contributed by atoms with E-state index in [1.54, 1.807) is 18.2 Å². The molecular weight excluding hydrogens is 399 g/mol. The van der Waals surface area contributed by atoms with Gasteiger partial charge in [-0.2, -0.15) is 0 Å². The zero-order valence-corrected chi connectivity index (χ0v) is 17.8. The molecule has 0 aromatic heterocycles. The maximum absolute atomic E-state index is 13.5. The van der Waals surface area contributed by atoms with Gasteiger partial charge >= 0.3 is 5.97 Å². The van der Waals surface area contributed by atoms with Gasteiger partial charge in [-0.25, -0.2) is 4.39 Å². The molecule has 0 radical (unpaired) electrons. The number of halogens is 1. The Labute approximate surface area is 182 Å². The highest BCUT2D eigenvalue weighted by molar-refractivity contribution is 5.84. The second kappa shape index (κ2) is 9.37. The molecule has 0 aliphatic heterocycles. The van der Waals surface area contributed by atoms with Gasteiger partial charge in [-0.1, -0.05) is 18.2 Å². The van der Waals surface area contributed by atoms with E-state index in [9.17, 15) is 18.8 Å². The molecule has 0 atom stereocenters. The van der Waals surface area contributed by atoms with Gasteiger partial charge in [0, 0.05) is 18.5 Å². The number of nitrogens with one attached hydrogen (secondary N) is 2. The number of carbonyl (C=O) groups excluding carboxylic acids is 3.